The Kier molecular flexibility index (Phi) is 3.59. The summed E-state index contributed by atoms with van der Waals surface area (Å²) in [5.74, 6) is -0.638. The molecular weight excluding hydrogens is 309 g/mol. The maximum absolute atomic E-state index is 13.0. The third-order valence-electron chi connectivity index (χ3n) is 3.24. The number of hydrogen-bond acceptors (Lipinski definition) is 4. The van der Waals surface area contributed by atoms with E-state index in [1.807, 2.05) is 0 Å². The quantitative estimate of drug-likeness (QED) is 0.764. The highest BCUT2D eigenvalue weighted by Crippen LogP contribution is 2.33. The molecule has 3 rings (SSSR count). The van der Waals surface area contributed by atoms with Crippen LogP contribution in [-0.4, -0.2) is 22.1 Å². The average Bonchev–Trinajstić information content (AvgIpc) is 2.87. The minimum absolute atomic E-state index is 0.0659. The average molecular weight is 322 g/mol. The van der Waals surface area contributed by atoms with Gasteiger partial charge in [0.15, 0.2) is 0 Å². The molecule has 0 unspecified atom stereocenters. The standard InChI is InChI=1S/C15H13F3N4O/c1-8-7-9-12(19-8)21-14(15(16,17)18)22-13(9)20-10-5-3-4-6-11(10)23-2/h3-7H,1-2H3,(H2,19,20,21,22). The van der Waals surface area contributed by atoms with Crippen molar-refractivity contribution in [1.82, 2.24) is 15.0 Å². The number of para-hydroxylation sites is 2. The van der Waals surface area contributed by atoms with Crippen molar-refractivity contribution in [3.05, 3.63) is 41.9 Å². The third-order valence-corrected chi connectivity index (χ3v) is 3.24. The number of hydrogen-bond donors (Lipinski definition) is 2. The van der Waals surface area contributed by atoms with Crippen molar-refractivity contribution in [3.63, 3.8) is 0 Å². The van der Waals surface area contributed by atoms with Gasteiger partial charge in [0.2, 0.25) is 5.82 Å². The highest BCUT2D eigenvalue weighted by atomic mass is 19.4. The fourth-order valence-corrected chi connectivity index (χ4v) is 2.24. The van der Waals surface area contributed by atoms with Gasteiger partial charge in [-0.2, -0.15) is 13.2 Å². The Hall–Kier alpha value is -2.77. The summed E-state index contributed by atoms with van der Waals surface area (Å²) in [6, 6.07) is 8.60. The zero-order chi connectivity index (χ0) is 16.6. The number of aryl methyl sites for hydroxylation is 1. The highest BCUT2D eigenvalue weighted by molar-refractivity contribution is 5.90. The van der Waals surface area contributed by atoms with Crippen LogP contribution in [0.3, 0.4) is 0 Å². The first-order valence-corrected chi connectivity index (χ1v) is 6.73. The van der Waals surface area contributed by atoms with Crippen molar-refractivity contribution in [1.29, 1.82) is 0 Å². The molecular formula is C15H13F3N4O. The number of alkyl halides is 3. The normalized spacial score (nSPS) is 11.7. The monoisotopic (exact) mass is 322 g/mol. The predicted octanol–water partition coefficient (Wildman–Crippen LogP) is 4.04. The molecule has 2 aromatic heterocycles. The number of methoxy groups -OCH3 is 1. The molecule has 0 atom stereocenters. The van der Waals surface area contributed by atoms with Crippen molar-refractivity contribution in [3.8, 4) is 5.75 Å². The molecule has 0 amide bonds. The largest absolute Gasteiger partial charge is 0.495 e. The summed E-state index contributed by atoms with van der Waals surface area (Å²) in [6.07, 6.45) is -4.63. The maximum atomic E-state index is 13.0. The SMILES string of the molecule is COc1ccccc1Nc1nc(C(F)(F)F)nc2[nH]c(C)cc12. The number of benzene rings is 1. The van der Waals surface area contributed by atoms with E-state index in [1.54, 1.807) is 37.3 Å². The number of aromatic nitrogens is 3. The van der Waals surface area contributed by atoms with E-state index in [0.717, 1.165) is 0 Å². The van der Waals surface area contributed by atoms with Crippen molar-refractivity contribution >= 4 is 22.5 Å². The molecule has 0 aliphatic rings. The smallest absolute Gasteiger partial charge is 0.451 e. The number of rotatable bonds is 3. The summed E-state index contributed by atoms with van der Waals surface area (Å²) in [5, 5.41) is 3.37. The van der Waals surface area contributed by atoms with Gasteiger partial charge in [0.05, 0.1) is 18.2 Å². The van der Waals surface area contributed by atoms with E-state index in [0.29, 0.717) is 22.5 Å². The molecule has 5 nitrogen and oxygen atoms in total. The van der Waals surface area contributed by atoms with Crippen LogP contribution in [0.2, 0.25) is 0 Å². The van der Waals surface area contributed by atoms with Gasteiger partial charge in [-0.3, -0.25) is 0 Å². The Morgan fingerprint density at radius 2 is 1.91 bits per heavy atom. The summed E-state index contributed by atoms with van der Waals surface area (Å²) < 4.78 is 44.2. The van der Waals surface area contributed by atoms with Gasteiger partial charge < -0.3 is 15.0 Å². The van der Waals surface area contributed by atoms with Gasteiger partial charge in [-0.05, 0) is 25.1 Å². The van der Waals surface area contributed by atoms with E-state index in [4.69, 9.17) is 4.74 Å². The van der Waals surface area contributed by atoms with Crippen LogP contribution < -0.4 is 10.1 Å². The minimum atomic E-state index is -4.63. The Bertz CT molecular complexity index is 858. The lowest BCUT2D eigenvalue weighted by atomic mass is 10.2. The van der Waals surface area contributed by atoms with Crippen LogP contribution in [-0.2, 0) is 6.18 Å². The molecule has 0 aliphatic carbocycles. The third kappa shape index (κ3) is 2.92. The Labute approximate surface area is 129 Å². The number of nitrogens with one attached hydrogen (secondary N) is 2. The summed E-state index contributed by atoms with van der Waals surface area (Å²) in [5.41, 5.74) is 1.33. The van der Waals surface area contributed by atoms with Crippen LogP contribution in [0.4, 0.5) is 24.7 Å². The lowest BCUT2D eigenvalue weighted by Crippen LogP contribution is -2.12. The Morgan fingerprint density at radius 1 is 1.17 bits per heavy atom. The summed E-state index contributed by atoms with van der Waals surface area (Å²) in [4.78, 5) is 9.99. The molecule has 2 heterocycles. The van der Waals surface area contributed by atoms with E-state index in [1.165, 1.54) is 7.11 Å². The molecule has 0 spiro atoms. The maximum Gasteiger partial charge on any atom is 0.451 e. The van der Waals surface area contributed by atoms with Gasteiger partial charge in [-0.25, -0.2) is 9.97 Å². The van der Waals surface area contributed by atoms with E-state index in [-0.39, 0.29) is 11.5 Å². The number of fused-ring (bicyclic) bond motifs is 1. The van der Waals surface area contributed by atoms with E-state index in [9.17, 15) is 13.2 Å². The molecule has 2 N–H and O–H groups in total. The molecule has 0 saturated carbocycles. The van der Waals surface area contributed by atoms with Gasteiger partial charge in [-0.1, -0.05) is 12.1 Å². The first-order valence-electron chi connectivity index (χ1n) is 6.73. The van der Waals surface area contributed by atoms with Crippen LogP contribution in [0.1, 0.15) is 11.5 Å². The van der Waals surface area contributed by atoms with Gasteiger partial charge in [0.25, 0.3) is 0 Å². The van der Waals surface area contributed by atoms with Crippen molar-refractivity contribution in [2.45, 2.75) is 13.1 Å². The molecule has 3 aromatic rings. The number of anilines is 2. The highest BCUT2D eigenvalue weighted by Gasteiger charge is 2.36. The fourth-order valence-electron chi connectivity index (χ4n) is 2.24. The van der Waals surface area contributed by atoms with E-state index in [2.05, 4.69) is 20.3 Å². The molecule has 23 heavy (non-hydrogen) atoms. The number of H-pyrrole nitrogens is 1. The molecule has 0 bridgehead atoms. The van der Waals surface area contributed by atoms with Crippen LogP contribution in [0, 0.1) is 6.92 Å². The van der Waals surface area contributed by atoms with E-state index < -0.39 is 12.0 Å². The van der Waals surface area contributed by atoms with Gasteiger partial charge in [0, 0.05) is 5.69 Å². The lowest BCUT2D eigenvalue weighted by Gasteiger charge is -2.12. The number of nitrogens with zero attached hydrogens (tertiary/aromatic N) is 2. The minimum Gasteiger partial charge on any atom is -0.495 e. The van der Waals surface area contributed by atoms with Crippen LogP contribution in [0.25, 0.3) is 11.0 Å². The van der Waals surface area contributed by atoms with Gasteiger partial charge in [-0.15, -0.1) is 0 Å². The molecule has 120 valence electrons. The lowest BCUT2D eigenvalue weighted by molar-refractivity contribution is -0.144. The number of ether oxygens (including phenoxy) is 1. The van der Waals surface area contributed by atoms with Gasteiger partial charge in [0.1, 0.15) is 17.2 Å². The van der Waals surface area contributed by atoms with Gasteiger partial charge >= 0.3 is 6.18 Å². The molecule has 0 saturated heterocycles. The molecule has 0 aliphatic heterocycles. The second-order valence-electron chi connectivity index (χ2n) is 4.93. The van der Waals surface area contributed by atoms with Crippen LogP contribution in [0.5, 0.6) is 5.75 Å². The van der Waals surface area contributed by atoms with Crippen molar-refractivity contribution in [2.24, 2.45) is 0 Å². The van der Waals surface area contributed by atoms with Crippen LogP contribution >= 0.6 is 0 Å². The topological polar surface area (TPSA) is 62.8 Å². The predicted molar refractivity (Wildman–Crippen MR) is 79.9 cm³/mol. The molecule has 0 fully saturated rings. The van der Waals surface area contributed by atoms with Crippen molar-refractivity contribution < 1.29 is 17.9 Å². The number of halogens is 3. The first kappa shape index (κ1) is 15.1. The molecule has 0 radical (unpaired) electrons. The van der Waals surface area contributed by atoms with Crippen molar-refractivity contribution in [2.75, 3.05) is 12.4 Å². The summed E-state index contributed by atoms with van der Waals surface area (Å²) in [6.45, 7) is 1.74. The zero-order valence-corrected chi connectivity index (χ0v) is 12.3. The molecule has 8 heteroatoms. The Balaban J connectivity index is 2.15. The first-order chi connectivity index (χ1) is 10.9. The second kappa shape index (κ2) is 5.45. The summed E-state index contributed by atoms with van der Waals surface area (Å²) in [7, 11) is 1.48. The van der Waals surface area contributed by atoms with Crippen LogP contribution in [0.15, 0.2) is 30.3 Å². The zero-order valence-electron chi connectivity index (χ0n) is 12.3. The Morgan fingerprint density at radius 3 is 2.61 bits per heavy atom. The summed E-state index contributed by atoms with van der Waals surface area (Å²) >= 11 is 0. The second-order valence-corrected chi connectivity index (χ2v) is 4.93. The molecule has 1 aromatic carbocycles. The fraction of sp³-hybridized carbons (Fsp3) is 0.200. The van der Waals surface area contributed by atoms with E-state index >= 15 is 0 Å². The number of aromatic amines is 1.